The molecule has 0 aliphatic carbocycles. The van der Waals surface area contributed by atoms with Gasteiger partial charge in [0.25, 0.3) is 0 Å². The summed E-state index contributed by atoms with van der Waals surface area (Å²) >= 11 is 7.69. The normalized spacial score (nSPS) is 10.8. The molecule has 0 bridgehead atoms. The molecule has 0 atom stereocenters. The molecule has 0 amide bonds. The van der Waals surface area contributed by atoms with Gasteiger partial charge in [-0.3, -0.25) is 0 Å². The summed E-state index contributed by atoms with van der Waals surface area (Å²) in [7, 11) is 0. The van der Waals surface area contributed by atoms with Crippen molar-refractivity contribution in [2.75, 3.05) is 5.88 Å². The van der Waals surface area contributed by atoms with Crippen LogP contribution in [0.3, 0.4) is 0 Å². The van der Waals surface area contributed by atoms with Crippen LogP contribution in [0.4, 0.5) is 0 Å². The van der Waals surface area contributed by atoms with Crippen LogP contribution in [0.1, 0.15) is 10.4 Å². The van der Waals surface area contributed by atoms with Crippen LogP contribution in [0.15, 0.2) is 54.6 Å². The van der Waals surface area contributed by atoms with Crippen LogP contribution < -0.4 is 0 Å². The predicted octanol–water partition coefficient (Wildman–Crippen LogP) is 5.57. The number of hydrogen-bond donors (Lipinski definition) is 0. The maximum absolute atomic E-state index is 5.95. The first-order chi connectivity index (χ1) is 10.3. The first-order valence-corrected chi connectivity index (χ1v) is 8.31. The van der Waals surface area contributed by atoms with E-state index in [1.165, 1.54) is 16.0 Å². The number of benzene rings is 2. The maximum Gasteiger partial charge on any atom is 0.124 e. The molecule has 3 heteroatoms. The molecular formula is C18H16ClNS. The molecule has 0 aliphatic heterocycles. The van der Waals surface area contributed by atoms with E-state index in [4.69, 9.17) is 16.6 Å². The third kappa shape index (κ3) is 3.17. The fourth-order valence-corrected chi connectivity index (χ4v) is 3.64. The summed E-state index contributed by atoms with van der Waals surface area (Å²) in [5, 5.41) is 1.06. The van der Waals surface area contributed by atoms with Gasteiger partial charge in [-0.05, 0) is 13.3 Å². The molecule has 3 rings (SSSR count). The Hall–Kier alpha value is -1.64. The van der Waals surface area contributed by atoms with Gasteiger partial charge in [-0.1, -0.05) is 60.2 Å². The van der Waals surface area contributed by atoms with Gasteiger partial charge in [0.15, 0.2) is 0 Å². The largest absolute Gasteiger partial charge is 0.236 e. The first-order valence-electron chi connectivity index (χ1n) is 6.96. The molecule has 0 aliphatic rings. The monoisotopic (exact) mass is 313 g/mol. The maximum atomic E-state index is 5.95. The fourth-order valence-electron chi connectivity index (χ4n) is 2.25. The molecule has 0 unspecified atom stereocenters. The average Bonchev–Trinajstić information content (AvgIpc) is 2.93. The first kappa shape index (κ1) is 14.3. The minimum Gasteiger partial charge on any atom is -0.236 e. The third-order valence-electron chi connectivity index (χ3n) is 3.36. The van der Waals surface area contributed by atoms with Crippen LogP contribution in [0.5, 0.6) is 0 Å². The minimum atomic E-state index is 0.620. The number of nitrogens with zero attached hydrogens (tertiary/aromatic N) is 1. The zero-order valence-electron chi connectivity index (χ0n) is 11.8. The van der Waals surface area contributed by atoms with E-state index in [0.717, 1.165) is 22.7 Å². The van der Waals surface area contributed by atoms with Gasteiger partial charge in [0.2, 0.25) is 0 Å². The number of alkyl halides is 1. The van der Waals surface area contributed by atoms with Crippen molar-refractivity contribution in [3.8, 4) is 21.8 Å². The number of thiazole rings is 1. The van der Waals surface area contributed by atoms with Gasteiger partial charge in [-0.2, -0.15) is 0 Å². The lowest BCUT2D eigenvalue weighted by Crippen LogP contribution is -1.86. The van der Waals surface area contributed by atoms with E-state index in [0.29, 0.717) is 5.88 Å². The SMILES string of the molecule is Cc1ccc(-c2nc(-c3ccccc3)c(CCCl)s2)cc1. The molecule has 0 saturated carbocycles. The highest BCUT2D eigenvalue weighted by Crippen LogP contribution is 2.34. The highest BCUT2D eigenvalue weighted by atomic mass is 35.5. The second-order valence-electron chi connectivity index (χ2n) is 4.96. The quantitative estimate of drug-likeness (QED) is 0.574. The number of aromatic nitrogens is 1. The lowest BCUT2D eigenvalue weighted by molar-refractivity contribution is 1.18. The fraction of sp³-hybridized carbons (Fsp3) is 0.167. The molecule has 3 aromatic rings. The molecule has 1 heterocycles. The van der Waals surface area contributed by atoms with Crippen LogP contribution in [-0.2, 0) is 6.42 Å². The van der Waals surface area contributed by atoms with Crippen molar-refractivity contribution in [1.29, 1.82) is 0 Å². The van der Waals surface area contributed by atoms with Crippen molar-refractivity contribution in [3.05, 3.63) is 65.0 Å². The van der Waals surface area contributed by atoms with Gasteiger partial charge < -0.3 is 0 Å². The van der Waals surface area contributed by atoms with E-state index in [-0.39, 0.29) is 0 Å². The predicted molar refractivity (Wildman–Crippen MR) is 92.1 cm³/mol. The van der Waals surface area contributed by atoms with Gasteiger partial charge in [-0.25, -0.2) is 4.98 Å². The second kappa shape index (κ2) is 6.42. The summed E-state index contributed by atoms with van der Waals surface area (Å²) in [4.78, 5) is 6.12. The van der Waals surface area contributed by atoms with Crippen molar-refractivity contribution in [1.82, 2.24) is 4.98 Å². The Labute approximate surface area is 134 Å². The molecule has 2 aromatic carbocycles. The van der Waals surface area contributed by atoms with Crippen molar-refractivity contribution >= 4 is 22.9 Å². The number of hydrogen-bond acceptors (Lipinski definition) is 2. The Kier molecular flexibility index (Phi) is 4.37. The Morgan fingerprint density at radius 3 is 2.33 bits per heavy atom. The topological polar surface area (TPSA) is 12.9 Å². The molecule has 0 spiro atoms. The van der Waals surface area contributed by atoms with Gasteiger partial charge >= 0.3 is 0 Å². The lowest BCUT2D eigenvalue weighted by atomic mass is 10.1. The van der Waals surface area contributed by atoms with Crippen LogP contribution in [0.2, 0.25) is 0 Å². The summed E-state index contributed by atoms with van der Waals surface area (Å²) in [5.74, 6) is 0.620. The van der Waals surface area contributed by atoms with Gasteiger partial charge in [-0.15, -0.1) is 22.9 Å². The van der Waals surface area contributed by atoms with Crippen molar-refractivity contribution in [2.45, 2.75) is 13.3 Å². The lowest BCUT2D eigenvalue weighted by Gasteiger charge is -1.99. The standard InChI is InChI=1S/C18H16ClNS/c1-13-7-9-15(10-8-13)18-20-17(16(21-18)11-12-19)14-5-3-2-4-6-14/h2-10H,11-12H2,1H3. The Morgan fingerprint density at radius 2 is 1.67 bits per heavy atom. The van der Waals surface area contributed by atoms with Crippen molar-refractivity contribution in [2.24, 2.45) is 0 Å². The molecule has 21 heavy (non-hydrogen) atoms. The van der Waals surface area contributed by atoms with Crippen molar-refractivity contribution < 1.29 is 0 Å². The molecule has 1 nitrogen and oxygen atoms in total. The van der Waals surface area contributed by atoms with Crippen LogP contribution in [0.25, 0.3) is 21.8 Å². The zero-order chi connectivity index (χ0) is 14.7. The van der Waals surface area contributed by atoms with E-state index in [1.807, 2.05) is 18.2 Å². The smallest absolute Gasteiger partial charge is 0.124 e. The summed E-state index contributed by atoms with van der Waals surface area (Å²) in [6.07, 6.45) is 0.856. The van der Waals surface area contributed by atoms with Crippen LogP contribution in [0, 0.1) is 6.92 Å². The second-order valence-corrected chi connectivity index (χ2v) is 6.42. The summed E-state index contributed by atoms with van der Waals surface area (Å²) in [6.45, 7) is 2.10. The number of rotatable bonds is 4. The Bertz CT molecular complexity index is 717. The van der Waals surface area contributed by atoms with E-state index < -0.39 is 0 Å². The molecule has 0 radical (unpaired) electrons. The highest BCUT2D eigenvalue weighted by molar-refractivity contribution is 7.15. The molecule has 106 valence electrons. The molecule has 0 saturated heterocycles. The molecular weight excluding hydrogens is 298 g/mol. The summed E-state index contributed by atoms with van der Waals surface area (Å²) < 4.78 is 0. The third-order valence-corrected chi connectivity index (χ3v) is 4.72. The van der Waals surface area contributed by atoms with Gasteiger partial charge in [0, 0.05) is 21.9 Å². The summed E-state index contributed by atoms with van der Waals surface area (Å²) in [5.41, 5.74) is 4.66. The molecule has 0 N–H and O–H groups in total. The summed E-state index contributed by atoms with van der Waals surface area (Å²) in [6, 6.07) is 18.8. The average molecular weight is 314 g/mol. The van der Waals surface area contributed by atoms with Crippen LogP contribution in [-0.4, -0.2) is 10.9 Å². The molecule has 0 fully saturated rings. The Balaban J connectivity index is 2.06. The highest BCUT2D eigenvalue weighted by Gasteiger charge is 2.13. The number of aryl methyl sites for hydroxylation is 2. The van der Waals surface area contributed by atoms with E-state index >= 15 is 0 Å². The van der Waals surface area contributed by atoms with E-state index in [9.17, 15) is 0 Å². The molecule has 1 aromatic heterocycles. The van der Waals surface area contributed by atoms with Gasteiger partial charge in [0.1, 0.15) is 5.01 Å². The van der Waals surface area contributed by atoms with E-state index in [2.05, 4.69) is 43.3 Å². The van der Waals surface area contributed by atoms with Gasteiger partial charge in [0.05, 0.1) is 5.69 Å². The minimum absolute atomic E-state index is 0.620. The Morgan fingerprint density at radius 1 is 0.952 bits per heavy atom. The van der Waals surface area contributed by atoms with E-state index in [1.54, 1.807) is 11.3 Å². The van der Waals surface area contributed by atoms with Crippen molar-refractivity contribution in [3.63, 3.8) is 0 Å². The van der Waals surface area contributed by atoms with Crippen LogP contribution >= 0.6 is 22.9 Å². The zero-order valence-corrected chi connectivity index (χ0v) is 13.4. The number of halogens is 1.